The first kappa shape index (κ1) is 13.2. The highest BCUT2D eigenvalue weighted by Crippen LogP contribution is 2.26. The third kappa shape index (κ3) is 3.18. The van der Waals surface area contributed by atoms with Crippen molar-refractivity contribution in [2.75, 3.05) is 0 Å². The number of benzene rings is 1. The molecule has 0 amide bonds. The number of carbonyl (C=O) groups excluding carboxylic acids is 1. The number of hydrogen-bond donors (Lipinski definition) is 0. The van der Waals surface area contributed by atoms with E-state index in [4.69, 9.17) is 10.00 Å². The van der Waals surface area contributed by atoms with Gasteiger partial charge in [0.1, 0.15) is 30.4 Å². The molecule has 2 aromatic rings. The maximum Gasteiger partial charge on any atom is 0.150 e. The Bertz CT molecular complexity index is 650. The number of aldehydes is 1. The molecule has 0 fully saturated rings. The molecule has 0 aliphatic rings. The molecule has 0 saturated heterocycles. The highest BCUT2D eigenvalue weighted by atomic mass is 79.9. The maximum absolute atomic E-state index is 10.6. The fraction of sp³-hybridized carbons (Fsp3) is 0.0714. The Kier molecular flexibility index (Phi) is 4.26. The molecule has 4 nitrogen and oxygen atoms in total. The number of carbonyl (C=O) groups is 1. The van der Waals surface area contributed by atoms with Crippen molar-refractivity contribution < 1.29 is 9.53 Å². The molecule has 0 N–H and O–H groups in total. The number of rotatable bonds is 4. The molecule has 19 heavy (non-hydrogen) atoms. The van der Waals surface area contributed by atoms with Gasteiger partial charge in [-0.05, 0) is 40.2 Å². The number of nitriles is 1. The summed E-state index contributed by atoms with van der Waals surface area (Å²) < 4.78 is 6.30. The smallest absolute Gasteiger partial charge is 0.150 e. The summed E-state index contributed by atoms with van der Waals surface area (Å²) >= 11 is 3.33. The van der Waals surface area contributed by atoms with E-state index in [2.05, 4.69) is 20.9 Å². The average Bonchev–Trinajstić information content (AvgIpc) is 2.46. The Hall–Kier alpha value is -2.19. The maximum atomic E-state index is 10.6. The molecule has 1 aromatic carbocycles. The largest absolute Gasteiger partial charge is 0.488 e. The van der Waals surface area contributed by atoms with Gasteiger partial charge in [0.05, 0.1) is 4.47 Å². The zero-order chi connectivity index (χ0) is 13.7. The molecule has 0 aliphatic heterocycles. The van der Waals surface area contributed by atoms with Crippen molar-refractivity contribution in [1.29, 1.82) is 5.26 Å². The van der Waals surface area contributed by atoms with Crippen LogP contribution in [0.4, 0.5) is 0 Å². The van der Waals surface area contributed by atoms with Gasteiger partial charge in [-0.2, -0.15) is 5.26 Å². The van der Waals surface area contributed by atoms with Crippen LogP contribution >= 0.6 is 15.9 Å². The van der Waals surface area contributed by atoms with E-state index < -0.39 is 0 Å². The normalized spacial score (nSPS) is 9.68. The van der Waals surface area contributed by atoms with Gasteiger partial charge in [0.2, 0.25) is 0 Å². The van der Waals surface area contributed by atoms with Crippen LogP contribution in [0.15, 0.2) is 41.0 Å². The lowest BCUT2D eigenvalue weighted by Gasteiger charge is -2.09. The summed E-state index contributed by atoms with van der Waals surface area (Å²) in [4.78, 5) is 14.6. The van der Waals surface area contributed by atoms with E-state index in [1.54, 1.807) is 36.5 Å². The van der Waals surface area contributed by atoms with Crippen LogP contribution in [-0.2, 0) is 6.61 Å². The topological polar surface area (TPSA) is 63.0 Å². The molecule has 5 heteroatoms. The van der Waals surface area contributed by atoms with Gasteiger partial charge in [0.15, 0.2) is 0 Å². The van der Waals surface area contributed by atoms with Gasteiger partial charge in [-0.15, -0.1) is 0 Å². The summed E-state index contributed by atoms with van der Waals surface area (Å²) in [5.41, 5.74) is 1.64. The Morgan fingerprint density at radius 2 is 2.26 bits per heavy atom. The highest BCUT2D eigenvalue weighted by molar-refractivity contribution is 9.10. The number of ether oxygens (including phenoxy) is 1. The second kappa shape index (κ2) is 6.12. The standard InChI is InChI=1S/C14H9BrN2O2/c15-12-6-10(8-18)3-4-14(12)19-9-11-2-1-5-17-13(11)7-16/h1-6,8H,9H2. The first-order valence-electron chi connectivity index (χ1n) is 5.46. The number of pyridine rings is 1. The molecule has 0 aliphatic carbocycles. The molecular weight excluding hydrogens is 308 g/mol. The van der Waals surface area contributed by atoms with Crippen LogP contribution in [-0.4, -0.2) is 11.3 Å². The molecule has 0 atom stereocenters. The molecular formula is C14H9BrN2O2. The molecule has 0 unspecified atom stereocenters. The van der Waals surface area contributed by atoms with E-state index in [0.717, 1.165) is 11.8 Å². The first-order valence-corrected chi connectivity index (χ1v) is 6.25. The van der Waals surface area contributed by atoms with E-state index in [9.17, 15) is 4.79 Å². The van der Waals surface area contributed by atoms with E-state index in [0.29, 0.717) is 21.5 Å². The minimum atomic E-state index is 0.246. The average molecular weight is 317 g/mol. The Morgan fingerprint density at radius 1 is 1.42 bits per heavy atom. The lowest BCUT2D eigenvalue weighted by Crippen LogP contribution is -2.00. The van der Waals surface area contributed by atoms with Crippen molar-refractivity contribution >= 4 is 22.2 Å². The number of aromatic nitrogens is 1. The summed E-state index contributed by atoms with van der Waals surface area (Å²) in [6, 6.07) is 10.6. The van der Waals surface area contributed by atoms with Crippen LogP contribution in [0, 0.1) is 11.3 Å². The van der Waals surface area contributed by atoms with Crippen molar-refractivity contribution in [2.24, 2.45) is 0 Å². The van der Waals surface area contributed by atoms with E-state index >= 15 is 0 Å². The number of halogens is 1. The lowest BCUT2D eigenvalue weighted by atomic mass is 10.2. The predicted molar refractivity (Wildman–Crippen MR) is 72.8 cm³/mol. The minimum Gasteiger partial charge on any atom is -0.488 e. The summed E-state index contributed by atoms with van der Waals surface area (Å²) in [5, 5.41) is 8.92. The van der Waals surface area contributed by atoms with Gasteiger partial charge in [-0.1, -0.05) is 6.07 Å². The van der Waals surface area contributed by atoms with Gasteiger partial charge in [-0.3, -0.25) is 4.79 Å². The zero-order valence-corrected chi connectivity index (χ0v) is 11.4. The van der Waals surface area contributed by atoms with E-state index in [1.165, 1.54) is 0 Å². The molecule has 0 saturated carbocycles. The third-order valence-corrected chi connectivity index (χ3v) is 3.09. The van der Waals surface area contributed by atoms with Gasteiger partial charge in [0.25, 0.3) is 0 Å². The predicted octanol–water partition coefficient (Wildman–Crippen LogP) is 3.11. The van der Waals surface area contributed by atoms with Gasteiger partial charge in [-0.25, -0.2) is 4.98 Å². The molecule has 0 spiro atoms. The fourth-order valence-corrected chi connectivity index (χ4v) is 2.03. The van der Waals surface area contributed by atoms with Crippen LogP contribution in [0.1, 0.15) is 21.6 Å². The van der Waals surface area contributed by atoms with Crippen LogP contribution in [0.2, 0.25) is 0 Å². The van der Waals surface area contributed by atoms with Crippen LogP contribution in [0.3, 0.4) is 0 Å². The zero-order valence-electron chi connectivity index (χ0n) is 9.84. The second-order valence-corrected chi connectivity index (χ2v) is 4.57. The second-order valence-electron chi connectivity index (χ2n) is 3.72. The van der Waals surface area contributed by atoms with Crippen molar-refractivity contribution in [3.05, 3.63) is 57.8 Å². The minimum absolute atomic E-state index is 0.246. The lowest BCUT2D eigenvalue weighted by molar-refractivity contribution is 0.112. The highest BCUT2D eigenvalue weighted by Gasteiger charge is 2.06. The van der Waals surface area contributed by atoms with Gasteiger partial charge in [0, 0.05) is 17.3 Å². The molecule has 1 heterocycles. The summed E-state index contributed by atoms with van der Waals surface area (Å²) in [6.45, 7) is 0.246. The van der Waals surface area contributed by atoms with Gasteiger partial charge < -0.3 is 4.74 Å². The molecule has 1 aromatic heterocycles. The SMILES string of the molecule is N#Cc1ncccc1COc1ccc(C=O)cc1Br. The summed E-state index contributed by atoms with van der Waals surface area (Å²) in [7, 11) is 0. The Balaban J connectivity index is 2.15. The fourth-order valence-electron chi connectivity index (χ4n) is 1.52. The monoisotopic (exact) mass is 316 g/mol. The summed E-state index contributed by atoms with van der Waals surface area (Å²) in [5.74, 6) is 0.610. The van der Waals surface area contributed by atoms with Crippen molar-refractivity contribution in [2.45, 2.75) is 6.61 Å². The number of hydrogen-bond acceptors (Lipinski definition) is 4. The van der Waals surface area contributed by atoms with Crippen molar-refractivity contribution in [1.82, 2.24) is 4.98 Å². The molecule has 0 bridgehead atoms. The molecule has 0 radical (unpaired) electrons. The van der Waals surface area contributed by atoms with Gasteiger partial charge >= 0.3 is 0 Å². The van der Waals surface area contributed by atoms with Crippen molar-refractivity contribution in [3.63, 3.8) is 0 Å². The Morgan fingerprint density at radius 3 is 2.95 bits per heavy atom. The quantitative estimate of drug-likeness (QED) is 0.813. The summed E-state index contributed by atoms with van der Waals surface area (Å²) in [6.07, 6.45) is 2.33. The van der Waals surface area contributed by atoms with E-state index in [1.807, 2.05) is 6.07 Å². The molecule has 2 rings (SSSR count). The van der Waals surface area contributed by atoms with E-state index in [-0.39, 0.29) is 6.61 Å². The van der Waals surface area contributed by atoms with Crippen LogP contribution < -0.4 is 4.74 Å². The molecule has 94 valence electrons. The van der Waals surface area contributed by atoms with Crippen LogP contribution in [0.25, 0.3) is 0 Å². The van der Waals surface area contributed by atoms with Crippen molar-refractivity contribution in [3.8, 4) is 11.8 Å². The van der Waals surface area contributed by atoms with Crippen LogP contribution in [0.5, 0.6) is 5.75 Å². The third-order valence-electron chi connectivity index (χ3n) is 2.47. The first-order chi connectivity index (χ1) is 9.24. The Labute approximate surface area is 118 Å². The number of nitrogens with zero attached hydrogens (tertiary/aromatic N) is 2.